The molecule has 0 fully saturated rings. The summed E-state index contributed by atoms with van der Waals surface area (Å²) in [5.74, 6) is -2.03. The zero-order chi connectivity index (χ0) is 23.9. The monoisotopic (exact) mass is 442 g/mol. The molecule has 0 heterocycles. The van der Waals surface area contributed by atoms with Crippen LogP contribution in [-0.2, 0) is 30.4 Å². The molecule has 2 aromatic rings. The lowest BCUT2D eigenvalue weighted by atomic mass is 10.1. The van der Waals surface area contributed by atoms with Gasteiger partial charge in [0.25, 0.3) is 6.10 Å². The standard InChI is InChI=1S/C25H30O7/c1-24(2,3)31-22(27)20(23(28)32-25(4,5)6)30-19-14-12-18(13-15-19)21(26)29-16-17-10-8-7-9-11-17/h7-15,20H,16H2,1-6H3. The second kappa shape index (κ2) is 10.3. The molecule has 0 aromatic heterocycles. The molecule has 0 saturated carbocycles. The minimum Gasteiger partial charge on any atom is -0.467 e. The Morgan fingerprint density at radius 1 is 0.750 bits per heavy atom. The Morgan fingerprint density at radius 3 is 1.72 bits per heavy atom. The first-order valence-electron chi connectivity index (χ1n) is 10.3. The van der Waals surface area contributed by atoms with Gasteiger partial charge in [-0.05, 0) is 71.4 Å². The second-order valence-electron chi connectivity index (χ2n) is 9.15. The van der Waals surface area contributed by atoms with Gasteiger partial charge in [-0.1, -0.05) is 30.3 Å². The van der Waals surface area contributed by atoms with E-state index in [-0.39, 0.29) is 12.4 Å². The summed E-state index contributed by atoms with van der Waals surface area (Å²) >= 11 is 0. The van der Waals surface area contributed by atoms with Crippen LogP contribution in [0.4, 0.5) is 0 Å². The van der Waals surface area contributed by atoms with E-state index in [9.17, 15) is 14.4 Å². The molecule has 0 saturated heterocycles. The Morgan fingerprint density at radius 2 is 1.25 bits per heavy atom. The third-order valence-electron chi connectivity index (χ3n) is 3.80. The molecule has 0 unspecified atom stereocenters. The Hall–Kier alpha value is -3.35. The zero-order valence-corrected chi connectivity index (χ0v) is 19.3. The van der Waals surface area contributed by atoms with Crippen molar-refractivity contribution in [2.45, 2.75) is 65.5 Å². The fourth-order valence-electron chi connectivity index (χ4n) is 2.52. The van der Waals surface area contributed by atoms with Crippen LogP contribution in [0.5, 0.6) is 5.75 Å². The van der Waals surface area contributed by atoms with Gasteiger partial charge in [-0.15, -0.1) is 0 Å². The lowest BCUT2D eigenvalue weighted by molar-refractivity contribution is -0.179. The Bertz CT molecular complexity index is 892. The average molecular weight is 443 g/mol. The van der Waals surface area contributed by atoms with Crippen LogP contribution >= 0.6 is 0 Å². The Kier molecular flexibility index (Phi) is 8.02. The molecule has 7 nitrogen and oxygen atoms in total. The molecular formula is C25H30O7. The van der Waals surface area contributed by atoms with Crippen molar-refractivity contribution in [1.29, 1.82) is 0 Å². The molecular weight excluding hydrogens is 412 g/mol. The highest BCUT2D eigenvalue weighted by molar-refractivity contribution is 5.98. The summed E-state index contributed by atoms with van der Waals surface area (Å²) < 4.78 is 21.5. The Balaban J connectivity index is 2.09. The molecule has 32 heavy (non-hydrogen) atoms. The van der Waals surface area contributed by atoms with Crippen LogP contribution in [0.1, 0.15) is 57.5 Å². The van der Waals surface area contributed by atoms with Crippen LogP contribution in [0.2, 0.25) is 0 Å². The number of rotatable bonds is 7. The van der Waals surface area contributed by atoms with Crippen molar-refractivity contribution in [2.75, 3.05) is 0 Å². The third-order valence-corrected chi connectivity index (χ3v) is 3.80. The predicted molar refractivity (Wildman–Crippen MR) is 118 cm³/mol. The number of carbonyl (C=O) groups excluding carboxylic acids is 3. The minimum atomic E-state index is -1.61. The molecule has 0 atom stereocenters. The summed E-state index contributed by atoms with van der Waals surface area (Å²) in [4.78, 5) is 37.4. The van der Waals surface area contributed by atoms with Gasteiger partial charge in [-0.2, -0.15) is 0 Å². The van der Waals surface area contributed by atoms with Crippen LogP contribution in [0.3, 0.4) is 0 Å². The van der Waals surface area contributed by atoms with Gasteiger partial charge in [0.05, 0.1) is 5.56 Å². The van der Waals surface area contributed by atoms with E-state index in [4.69, 9.17) is 18.9 Å². The highest BCUT2D eigenvalue weighted by Gasteiger charge is 2.37. The van der Waals surface area contributed by atoms with Crippen molar-refractivity contribution in [3.05, 3.63) is 65.7 Å². The lowest BCUT2D eigenvalue weighted by Crippen LogP contribution is -2.44. The van der Waals surface area contributed by atoms with Crippen LogP contribution in [-0.4, -0.2) is 35.2 Å². The summed E-state index contributed by atoms with van der Waals surface area (Å²) in [6.07, 6.45) is -1.61. The molecule has 0 amide bonds. The number of benzene rings is 2. The summed E-state index contributed by atoms with van der Waals surface area (Å²) in [6.45, 7) is 10.3. The van der Waals surface area contributed by atoms with Gasteiger partial charge in [-0.25, -0.2) is 14.4 Å². The van der Waals surface area contributed by atoms with E-state index in [0.717, 1.165) is 5.56 Å². The number of ether oxygens (including phenoxy) is 4. The number of hydrogen-bond donors (Lipinski definition) is 0. The van der Waals surface area contributed by atoms with Gasteiger partial charge >= 0.3 is 17.9 Å². The Labute approximate surface area is 188 Å². The molecule has 0 radical (unpaired) electrons. The van der Waals surface area contributed by atoms with Crippen molar-refractivity contribution in [3.8, 4) is 5.75 Å². The van der Waals surface area contributed by atoms with Crippen molar-refractivity contribution >= 4 is 17.9 Å². The predicted octanol–water partition coefficient (Wildman–Crippen LogP) is 4.47. The van der Waals surface area contributed by atoms with E-state index in [1.165, 1.54) is 24.3 Å². The second-order valence-corrected chi connectivity index (χ2v) is 9.15. The van der Waals surface area contributed by atoms with Crippen molar-refractivity contribution < 1.29 is 33.3 Å². The molecule has 0 aliphatic carbocycles. The minimum absolute atomic E-state index is 0.150. The third kappa shape index (κ3) is 8.41. The van der Waals surface area contributed by atoms with Gasteiger partial charge in [0.2, 0.25) is 0 Å². The number of esters is 3. The fourth-order valence-corrected chi connectivity index (χ4v) is 2.52. The maximum atomic E-state index is 12.6. The van der Waals surface area contributed by atoms with E-state index in [0.29, 0.717) is 5.56 Å². The maximum absolute atomic E-state index is 12.6. The summed E-state index contributed by atoms with van der Waals surface area (Å²) in [7, 11) is 0. The van der Waals surface area contributed by atoms with Gasteiger partial charge in [0.1, 0.15) is 23.6 Å². The molecule has 2 aromatic carbocycles. The van der Waals surface area contributed by atoms with Crippen LogP contribution in [0.25, 0.3) is 0 Å². The average Bonchev–Trinajstić information content (AvgIpc) is 2.68. The van der Waals surface area contributed by atoms with E-state index < -0.39 is 35.2 Å². The largest absolute Gasteiger partial charge is 0.467 e. The lowest BCUT2D eigenvalue weighted by Gasteiger charge is -2.26. The normalized spacial score (nSPS) is 11.6. The van der Waals surface area contributed by atoms with Crippen LogP contribution in [0.15, 0.2) is 54.6 Å². The summed E-state index contributed by atoms with van der Waals surface area (Å²) in [5.41, 5.74) is -0.446. The zero-order valence-electron chi connectivity index (χ0n) is 19.3. The van der Waals surface area contributed by atoms with Gasteiger partial charge in [0.15, 0.2) is 0 Å². The summed E-state index contributed by atoms with van der Waals surface area (Å²) in [5, 5.41) is 0. The van der Waals surface area contributed by atoms with E-state index in [1.54, 1.807) is 41.5 Å². The molecule has 0 aliphatic heterocycles. The first kappa shape index (κ1) is 24.9. The molecule has 0 aliphatic rings. The van der Waals surface area contributed by atoms with Gasteiger partial charge in [-0.3, -0.25) is 0 Å². The molecule has 2 rings (SSSR count). The SMILES string of the molecule is CC(C)(C)OC(=O)C(Oc1ccc(C(=O)OCc2ccccc2)cc1)C(=O)OC(C)(C)C. The molecule has 172 valence electrons. The number of carbonyl (C=O) groups is 3. The van der Waals surface area contributed by atoms with E-state index in [2.05, 4.69) is 0 Å². The topological polar surface area (TPSA) is 88.1 Å². The molecule has 0 spiro atoms. The molecule has 7 heteroatoms. The van der Waals surface area contributed by atoms with Gasteiger partial charge in [0, 0.05) is 0 Å². The van der Waals surface area contributed by atoms with E-state index in [1.807, 2.05) is 30.3 Å². The van der Waals surface area contributed by atoms with Crippen molar-refractivity contribution in [3.63, 3.8) is 0 Å². The summed E-state index contributed by atoms with van der Waals surface area (Å²) in [6, 6.07) is 15.2. The molecule has 0 N–H and O–H groups in total. The first-order chi connectivity index (χ1) is 14.8. The quantitative estimate of drug-likeness (QED) is 0.355. The van der Waals surface area contributed by atoms with Crippen LogP contribution in [0, 0.1) is 0 Å². The van der Waals surface area contributed by atoms with Crippen molar-refractivity contribution in [2.24, 2.45) is 0 Å². The molecule has 0 bridgehead atoms. The van der Waals surface area contributed by atoms with Crippen LogP contribution < -0.4 is 4.74 Å². The fraction of sp³-hybridized carbons (Fsp3) is 0.400. The maximum Gasteiger partial charge on any atom is 0.359 e. The van der Waals surface area contributed by atoms with E-state index >= 15 is 0 Å². The highest BCUT2D eigenvalue weighted by atomic mass is 16.6. The van der Waals surface area contributed by atoms with Gasteiger partial charge < -0.3 is 18.9 Å². The smallest absolute Gasteiger partial charge is 0.359 e. The number of hydrogen-bond acceptors (Lipinski definition) is 7. The highest BCUT2D eigenvalue weighted by Crippen LogP contribution is 2.19. The first-order valence-corrected chi connectivity index (χ1v) is 10.3. The van der Waals surface area contributed by atoms with Crippen molar-refractivity contribution in [1.82, 2.24) is 0 Å².